The monoisotopic (exact) mass is 319 g/mol. The fourth-order valence-electron chi connectivity index (χ4n) is 2.45. The van der Waals surface area contributed by atoms with Crippen molar-refractivity contribution < 1.29 is 9.84 Å². The second-order valence-electron chi connectivity index (χ2n) is 5.60. The number of aryl methyl sites for hydroxylation is 1. The summed E-state index contributed by atoms with van der Waals surface area (Å²) in [4.78, 5) is 2.29. The third-order valence-corrected chi connectivity index (χ3v) is 4.25. The molecule has 1 aromatic heterocycles. The molecule has 0 spiro atoms. The molecule has 0 fully saturated rings. The van der Waals surface area contributed by atoms with E-state index in [9.17, 15) is 5.11 Å². The minimum Gasteiger partial charge on any atom is -0.491 e. The van der Waals surface area contributed by atoms with E-state index in [2.05, 4.69) is 28.7 Å². The van der Waals surface area contributed by atoms with E-state index in [1.807, 2.05) is 31.2 Å². The molecule has 1 aromatic carbocycles. The van der Waals surface area contributed by atoms with Crippen LogP contribution in [0, 0.1) is 6.92 Å². The lowest BCUT2D eigenvalue weighted by Crippen LogP contribution is -2.35. The Bertz CT molecular complexity index is 542. The molecule has 0 amide bonds. The van der Waals surface area contributed by atoms with Crippen LogP contribution < -0.4 is 4.74 Å². The van der Waals surface area contributed by atoms with Gasteiger partial charge in [0, 0.05) is 13.1 Å². The Kier molecular flexibility index (Phi) is 6.90. The molecule has 120 valence electrons. The zero-order valence-electron chi connectivity index (χ0n) is 13.4. The smallest absolute Gasteiger partial charge is 0.122 e. The minimum atomic E-state index is -0.482. The number of hydrogen-bond acceptors (Lipinski definition) is 4. The lowest BCUT2D eigenvalue weighted by atomic mass is 10.2. The predicted molar refractivity (Wildman–Crippen MR) is 92.6 cm³/mol. The summed E-state index contributed by atoms with van der Waals surface area (Å²) in [5.41, 5.74) is 2.41. The molecule has 0 aliphatic carbocycles. The molecule has 0 saturated heterocycles. The van der Waals surface area contributed by atoms with Crippen LogP contribution >= 0.6 is 11.3 Å². The molecule has 1 atom stereocenters. The van der Waals surface area contributed by atoms with Crippen LogP contribution in [0.15, 0.2) is 41.1 Å². The summed E-state index contributed by atoms with van der Waals surface area (Å²) in [6.45, 7) is 7.01. The number of ether oxygens (including phenoxy) is 1. The van der Waals surface area contributed by atoms with Gasteiger partial charge in [-0.15, -0.1) is 0 Å². The summed E-state index contributed by atoms with van der Waals surface area (Å²) >= 11 is 1.71. The molecular weight excluding hydrogens is 294 g/mol. The lowest BCUT2D eigenvalue weighted by Gasteiger charge is -2.24. The van der Waals surface area contributed by atoms with Crippen LogP contribution in [-0.2, 0) is 6.54 Å². The zero-order chi connectivity index (χ0) is 15.8. The van der Waals surface area contributed by atoms with E-state index in [4.69, 9.17) is 4.74 Å². The molecule has 4 heteroatoms. The van der Waals surface area contributed by atoms with Crippen LogP contribution in [0.4, 0.5) is 0 Å². The van der Waals surface area contributed by atoms with Crippen molar-refractivity contribution >= 4 is 11.3 Å². The van der Waals surface area contributed by atoms with E-state index < -0.39 is 6.10 Å². The van der Waals surface area contributed by atoms with E-state index in [1.54, 1.807) is 11.3 Å². The van der Waals surface area contributed by atoms with Gasteiger partial charge >= 0.3 is 0 Å². The third kappa shape index (κ3) is 5.44. The van der Waals surface area contributed by atoms with Gasteiger partial charge in [0.15, 0.2) is 0 Å². The van der Waals surface area contributed by atoms with Gasteiger partial charge in [-0.05, 0) is 53.9 Å². The fraction of sp³-hybridized carbons (Fsp3) is 0.444. The molecule has 0 unspecified atom stereocenters. The van der Waals surface area contributed by atoms with E-state index >= 15 is 0 Å². The van der Waals surface area contributed by atoms with Crippen molar-refractivity contribution in [3.05, 3.63) is 52.2 Å². The first-order valence-corrected chi connectivity index (χ1v) is 8.73. The third-order valence-electron chi connectivity index (χ3n) is 3.52. The van der Waals surface area contributed by atoms with Crippen LogP contribution in [-0.4, -0.2) is 35.8 Å². The van der Waals surface area contributed by atoms with E-state index in [-0.39, 0.29) is 0 Å². The van der Waals surface area contributed by atoms with Gasteiger partial charge in [-0.3, -0.25) is 4.90 Å². The average molecular weight is 319 g/mol. The second kappa shape index (κ2) is 8.93. The molecular formula is C18H25NO2S. The largest absolute Gasteiger partial charge is 0.491 e. The molecule has 0 bridgehead atoms. The molecule has 1 N–H and O–H groups in total. The fourth-order valence-corrected chi connectivity index (χ4v) is 3.11. The highest BCUT2D eigenvalue weighted by Gasteiger charge is 2.13. The Morgan fingerprint density at radius 2 is 2.09 bits per heavy atom. The normalized spacial score (nSPS) is 12.5. The van der Waals surface area contributed by atoms with Gasteiger partial charge in [-0.1, -0.05) is 25.1 Å². The maximum Gasteiger partial charge on any atom is 0.122 e. The Labute approximate surface area is 137 Å². The van der Waals surface area contributed by atoms with Crippen molar-refractivity contribution in [2.75, 3.05) is 19.7 Å². The van der Waals surface area contributed by atoms with Crippen LogP contribution in [0.3, 0.4) is 0 Å². The topological polar surface area (TPSA) is 32.7 Å². The van der Waals surface area contributed by atoms with E-state index in [1.165, 1.54) is 5.56 Å². The highest BCUT2D eigenvalue weighted by molar-refractivity contribution is 7.07. The highest BCUT2D eigenvalue weighted by atomic mass is 32.1. The summed E-state index contributed by atoms with van der Waals surface area (Å²) in [7, 11) is 0. The van der Waals surface area contributed by atoms with Gasteiger partial charge in [-0.2, -0.15) is 11.3 Å². The average Bonchev–Trinajstić information content (AvgIpc) is 2.99. The van der Waals surface area contributed by atoms with Crippen molar-refractivity contribution in [2.24, 2.45) is 0 Å². The first kappa shape index (κ1) is 17.0. The van der Waals surface area contributed by atoms with Gasteiger partial charge in [-0.25, -0.2) is 0 Å². The Hall–Kier alpha value is -1.36. The van der Waals surface area contributed by atoms with E-state index in [0.717, 1.165) is 30.8 Å². The number of hydrogen-bond donors (Lipinski definition) is 1. The van der Waals surface area contributed by atoms with Crippen molar-refractivity contribution in [3.8, 4) is 5.75 Å². The van der Waals surface area contributed by atoms with Gasteiger partial charge in [0.05, 0.1) is 0 Å². The summed E-state index contributed by atoms with van der Waals surface area (Å²) < 4.78 is 5.74. The highest BCUT2D eigenvalue weighted by Crippen LogP contribution is 2.16. The molecule has 0 aliphatic heterocycles. The maximum absolute atomic E-state index is 10.3. The molecule has 2 rings (SSSR count). The van der Waals surface area contributed by atoms with Crippen molar-refractivity contribution in [1.29, 1.82) is 0 Å². The second-order valence-corrected chi connectivity index (χ2v) is 6.38. The van der Waals surface area contributed by atoms with Gasteiger partial charge in [0.2, 0.25) is 0 Å². The molecule has 0 saturated carbocycles. The molecule has 2 aromatic rings. The van der Waals surface area contributed by atoms with Crippen molar-refractivity contribution in [2.45, 2.75) is 32.9 Å². The van der Waals surface area contributed by atoms with Crippen LogP contribution in [0.5, 0.6) is 5.75 Å². The van der Waals surface area contributed by atoms with E-state index in [0.29, 0.717) is 13.2 Å². The molecule has 1 heterocycles. The van der Waals surface area contributed by atoms with Crippen LogP contribution in [0.25, 0.3) is 0 Å². The van der Waals surface area contributed by atoms with Crippen molar-refractivity contribution in [1.82, 2.24) is 4.90 Å². The van der Waals surface area contributed by atoms with Crippen LogP contribution in [0.1, 0.15) is 24.5 Å². The van der Waals surface area contributed by atoms with Gasteiger partial charge < -0.3 is 9.84 Å². The first-order chi connectivity index (χ1) is 10.7. The Balaban J connectivity index is 1.82. The summed E-state index contributed by atoms with van der Waals surface area (Å²) in [6.07, 6.45) is 0.597. The Morgan fingerprint density at radius 1 is 1.27 bits per heavy atom. The molecule has 0 aliphatic rings. The van der Waals surface area contributed by atoms with Gasteiger partial charge in [0.1, 0.15) is 18.5 Å². The van der Waals surface area contributed by atoms with Gasteiger partial charge in [0.25, 0.3) is 0 Å². The Morgan fingerprint density at radius 3 is 2.77 bits per heavy atom. The predicted octanol–water partition coefficient (Wildman–Crippen LogP) is 3.71. The number of para-hydroxylation sites is 1. The maximum atomic E-state index is 10.3. The summed E-state index contributed by atoms with van der Waals surface area (Å²) in [6, 6.07) is 10.0. The number of aliphatic hydroxyl groups excluding tert-OH is 1. The minimum absolute atomic E-state index is 0.328. The number of aliphatic hydroxyl groups is 1. The first-order valence-electron chi connectivity index (χ1n) is 7.79. The SMILES string of the molecule is CCCN(Cc1ccsc1)C[C@@H](O)COc1ccccc1C. The van der Waals surface area contributed by atoms with Crippen molar-refractivity contribution in [3.63, 3.8) is 0 Å². The number of nitrogens with zero attached hydrogens (tertiary/aromatic N) is 1. The summed E-state index contributed by atoms with van der Waals surface area (Å²) in [5.74, 6) is 0.849. The standard InChI is InChI=1S/C18H25NO2S/c1-3-9-19(11-16-8-10-22-14-16)12-17(20)13-21-18-7-5-4-6-15(18)2/h4-8,10,14,17,20H,3,9,11-13H2,1-2H3/t17-/m1/s1. The molecule has 0 radical (unpaired) electrons. The number of rotatable bonds is 9. The van der Waals surface area contributed by atoms with Crippen LogP contribution in [0.2, 0.25) is 0 Å². The number of benzene rings is 1. The summed E-state index contributed by atoms with van der Waals surface area (Å²) in [5, 5.41) is 14.5. The lowest BCUT2D eigenvalue weighted by molar-refractivity contribution is 0.0654. The molecule has 3 nitrogen and oxygen atoms in total. The zero-order valence-corrected chi connectivity index (χ0v) is 14.2. The quantitative estimate of drug-likeness (QED) is 0.765. The molecule has 22 heavy (non-hydrogen) atoms. The number of thiophene rings is 1.